The van der Waals surface area contributed by atoms with Gasteiger partial charge >= 0.3 is 0 Å². The van der Waals surface area contributed by atoms with Crippen molar-refractivity contribution in [3.63, 3.8) is 0 Å². The van der Waals surface area contributed by atoms with Gasteiger partial charge in [0.15, 0.2) is 11.0 Å². The number of hydrogen-bond acceptors (Lipinski definition) is 2. The lowest BCUT2D eigenvalue weighted by Crippen LogP contribution is -2.31. The Labute approximate surface area is 518 Å². The van der Waals surface area contributed by atoms with E-state index in [0.29, 0.717) is 0 Å². The van der Waals surface area contributed by atoms with Crippen LogP contribution < -0.4 is 9.30 Å². The third-order valence-corrected chi connectivity index (χ3v) is 18.9. The van der Waals surface area contributed by atoms with E-state index in [1.807, 2.05) is 6.20 Å². The van der Waals surface area contributed by atoms with Gasteiger partial charge in [-0.2, -0.15) is 9.13 Å². The first-order valence-corrected chi connectivity index (χ1v) is 31.2. The quantitative estimate of drug-likeness (QED) is 0.149. The van der Waals surface area contributed by atoms with Crippen molar-refractivity contribution in [1.82, 2.24) is 14.1 Å². The number of hydrogen-bond donors (Lipinski definition) is 0. The van der Waals surface area contributed by atoms with Crippen molar-refractivity contribution in [3.8, 4) is 73.2 Å². The molecule has 3 heterocycles. The summed E-state index contributed by atoms with van der Waals surface area (Å²) in [7, 11) is 0. The lowest BCUT2D eigenvalue weighted by atomic mass is 9.70. The summed E-state index contributed by atoms with van der Waals surface area (Å²) >= 11 is 0. The lowest BCUT2D eigenvalue weighted by Gasteiger charge is -2.30. The topological polar surface area (TPSA) is 35.9 Å². The van der Waals surface area contributed by atoms with Crippen molar-refractivity contribution in [2.24, 2.45) is 0 Å². The van der Waals surface area contributed by atoms with Crippen LogP contribution in [-0.4, -0.2) is 14.1 Å². The minimum Gasteiger partial charge on any atom is -0.457 e. The molecule has 0 unspecified atom stereocenters. The molecule has 432 valence electrons. The molecule has 0 amide bonds. The van der Waals surface area contributed by atoms with Crippen LogP contribution in [-0.2, 0) is 27.1 Å². The van der Waals surface area contributed by atoms with Gasteiger partial charge in [0.2, 0.25) is 0 Å². The van der Waals surface area contributed by atoms with E-state index < -0.39 is 5.41 Å². The molecule has 0 fully saturated rings. The zero-order chi connectivity index (χ0) is 60.8. The summed E-state index contributed by atoms with van der Waals surface area (Å²) < 4.78 is 14.3. The van der Waals surface area contributed by atoms with Crippen molar-refractivity contribution in [3.05, 3.63) is 281 Å². The molecule has 0 atom stereocenters. The Morgan fingerprint density at radius 3 is 1.56 bits per heavy atom. The van der Waals surface area contributed by atoms with Gasteiger partial charge < -0.3 is 4.74 Å². The molecule has 10 aromatic carbocycles. The second-order valence-electron chi connectivity index (χ2n) is 28.7. The van der Waals surface area contributed by atoms with Gasteiger partial charge in [0, 0.05) is 40.2 Å². The van der Waals surface area contributed by atoms with Gasteiger partial charge in [-0.15, -0.1) is 0 Å². The van der Waals surface area contributed by atoms with Crippen LogP contribution >= 0.6 is 0 Å². The molecule has 13 aromatic rings. The fourth-order valence-corrected chi connectivity index (χ4v) is 14.3. The van der Waals surface area contributed by atoms with Crippen molar-refractivity contribution in [1.29, 1.82) is 0 Å². The molecule has 0 N–H and O–H groups in total. The molecule has 88 heavy (non-hydrogen) atoms. The predicted molar refractivity (Wildman–Crippen MR) is 365 cm³/mol. The fourth-order valence-electron chi connectivity index (χ4n) is 14.3. The number of para-hydroxylation sites is 2. The second-order valence-corrected chi connectivity index (χ2v) is 28.7. The Bertz CT molecular complexity index is 4910. The number of aromatic nitrogens is 4. The van der Waals surface area contributed by atoms with Gasteiger partial charge in [-0.05, 0) is 172 Å². The highest BCUT2D eigenvalue weighted by atomic mass is 16.5. The number of rotatable bonds is 7. The molecule has 1 spiro atoms. The van der Waals surface area contributed by atoms with Gasteiger partial charge in [-0.3, -0.25) is 4.57 Å². The van der Waals surface area contributed by atoms with E-state index in [4.69, 9.17) is 9.72 Å². The van der Waals surface area contributed by atoms with Gasteiger partial charge in [0.25, 0.3) is 6.33 Å². The van der Waals surface area contributed by atoms with Gasteiger partial charge in [-0.1, -0.05) is 223 Å². The Kier molecular flexibility index (Phi) is 12.3. The van der Waals surface area contributed by atoms with Crippen LogP contribution in [0, 0.1) is 0 Å². The molecule has 5 nitrogen and oxygen atoms in total. The Morgan fingerprint density at radius 2 is 0.920 bits per heavy atom. The minimum absolute atomic E-state index is 0.0654. The fraction of sp³-hybridized carbons (Fsp3) is 0.205. The highest BCUT2D eigenvalue weighted by molar-refractivity contribution is 6.13. The van der Waals surface area contributed by atoms with Crippen LogP contribution in [0.2, 0.25) is 0 Å². The first-order chi connectivity index (χ1) is 42.1. The maximum atomic E-state index is 7.12. The Balaban J connectivity index is 0.900. The summed E-state index contributed by atoms with van der Waals surface area (Å²) in [5.74, 6) is 2.35. The molecule has 3 aromatic heterocycles. The summed E-state index contributed by atoms with van der Waals surface area (Å²) in [4.78, 5) is 5.20. The number of pyridine rings is 1. The number of nitrogens with zero attached hydrogens (tertiary/aromatic N) is 4. The van der Waals surface area contributed by atoms with E-state index in [1.165, 1.54) is 94.4 Å². The summed E-state index contributed by atoms with van der Waals surface area (Å²) in [6.45, 7) is 27.8. The number of benzene rings is 10. The van der Waals surface area contributed by atoms with Crippen LogP contribution in [0.4, 0.5) is 0 Å². The molecule has 0 saturated carbocycles. The molecule has 0 radical (unpaired) electrons. The molecule has 0 saturated heterocycles. The average Bonchev–Trinajstić information content (AvgIpc) is 1.51. The normalized spacial score (nSPS) is 13.5. The van der Waals surface area contributed by atoms with E-state index in [0.717, 1.165) is 56.1 Å². The minimum atomic E-state index is -0.490. The maximum absolute atomic E-state index is 7.12. The zero-order valence-electron chi connectivity index (χ0n) is 52.7. The molecule has 5 heteroatoms. The van der Waals surface area contributed by atoms with Crippen LogP contribution in [0.3, 0.4) is 0 Å². The zero-order valence-corrected chi connectivity index (χ0v) is 52.7. The van der Waals surface area contributed by atoms with E-state index in [2.05, 4.69) is 328 Å². The van der Waals surface area contributed by atoms with Gasteiger partial charge in [0.1, 0.15) is 28.7 Å². The molecular formula is C83H75N4O+. The summed E-state index contributed by atoms with van der Waals surface area (Å²) in [5, 5.41) is 2.31. The van der Waals surface area contributed by atoms with Crippen molar-refractivity contribution >= 4 is 32.8 Å². The standard InChI is InChI=1S/C83H75N4O/c1-79(2,3)54-39-40-84-77(46-54)87-75-48-60(37-38-64(75)68-49-67-63-31-18-21-34-71(63)83(72(67)50-76(68)87)69-32-19-16-29-61(69)62-30-17-20-33-70(62)83)88-59-28-24-27-58(47-59)85-51-86(74-36-23-22-35-73(74)85)78-65(52-25-14-13-15-26-52)44-57(82(10,11)12)45-66(78)53-41-55(80(4,5)6)43-56(42-53)81(7,8)9/h13-51H,1-12H3/q+1. The Morgan fingerprint density at radius 1 is 0.375 bits per heavy atom. The van der Waals surface area contributed by atoms with Crippen LogP contribution in [0.15, 0.2) is 237 Å². The number of ether oxygens (including phenoxy) is 1. The monoisotopic (exact) mass is 1140 g/mol. The predicted octanol–water partition coefficient (Wildman–Crippen LogP) is 21.1. The average molecular weight is 1140 g/mol. The Hall–Kier alpha value is -9.58. The van der Waals surface area contributed by atoms with E-state index in [-0.39, 0.29) is 21.7 Å². The number of imidazole rings is 1. The summed E-state index contributed by atoms with van der Waals surface area (Å²) in [6, 6.07) is 83.7. The van der Waals surface area contributed by atoms with Gasteiger partial charge in [-0.25, -0.2) is 4.98 Å². The van der Waals surface area contributed by atoms with Gasteiger partial charge in [0.05, 0.1) is 16.4 Å². The second kappa shape index (κ2) is 19.7. The lowest BCUT2D eigenvalue weighted by molar-refractivity contribution is -0.566. The van der Waals surface area contributed by atoms with Crippen LogP contribution in [0.5, 0.6) is 11.5 Å². The van der Waals surface area contributed by atoms with E-state index >= 15 is 0 Å². The molecule has 0 bridgehead atoms. The SMILES string of the molecule is CC(C)(C)c1cc(-c2cc(C(C)(C)C)cc(-c3ccccc3)c2-[n+]2cn(-c3cccc(Oc4ccc5c6cc7c(cc6n(-c6cc(C(C)(C)C)ccn6)c5c4)C4(c5ccccc5-c5ccccc54)c4ccccc4-7)c3)c3ccccc32)cc(C(C)(C)C)c1. The van der Waals surface area contributed by atoms with Crippen molar-refractivity contribution in [2.75, 3.05) is 0 Å². The third-order valence-electron chi connectivity index (χ3n) is 18.9. The smallest absolute Gasteiger partial charge is 0.255 e. The van der Waals surface area contributed by atoms with E-state index in [9.17, 15) is 0 Å². The molecule has 15 rings (SSSR count). The largest absolute Gasteiger partial charge is 0.457 e. The molecular weight excluding hydrogens is 1070 g/mol. The van der Waals surface area contributed by atoms with Crippen molar-refractivity contribution in [2.45, 2.75) is 110 Å². The van der Waals surface area contributed by atoms with Crippen LogP contribution in [0.25, 0.3) is 94.5 Å². The first kappa shape index (κ1) is 55.0. The molecule has 2 aliphatic rings. The summed E-state index contributed by atoms with van der Waals surface area (Å²) in [5.41, 5.74) is 25.9. The first-order valence-electron chi connectivity index (χ1n) is 31.2. The highest BCUT2D eigenvalue weighted by Crippen LogP contribution is 2.63. The van der Waals surface area contributed by atoms with Crippen LogP contribution in [0.1, 0.15) is 128 Å². The highest BCUT2D eigenvalue weighted by Gasteiger charge is 2.52. The maximum Gasteiger partial charge on any atom is 0.255 e. The number of fused-ring (bicyclic) bond motifs is 14. The molecule has 2 aliphatic carbocycles. The van der Waals surface area contributed by atoms with E-state index in [1.54, 1.807) is 0 Å². The summed E-state index contributed by atoms with van der Waals surface area (Å²) in [6.07, 6.45) is 4.26. The third kappa shape index (κ3) is 8.71. The van der Waals surface area contributed by atoms with Crippen molar-refractivity contribution < 1.29 is 9.30 Å². The molecule has 0 aliphatic heterocycles.